The van der Waals surface area contributed by atoms with Crippen LogP contribution in [0.25, 0.3) is 0 Å². The van der Waals surface area contributed by atoms with Gasteiger partial charge in [0.25, 0.3) is 0 Å². The van der Waals surface area contributed by atoms with Crippen LogP contribution in [0.4, 0.5) is 0 Å². The number of carbonyl (C=O) groups is 1. The van der Waals surface area contributed by atoms with Gasteiger partial charge in [0.15, 0.2) is 0 Å². The van der Waals surface area contributed by atoms with E-state index in [0.717, 1.165) is 19.4 Å². The molecule has 0 heterocycles. The molecule has 1 aliphatic carbocycles. The summed E-state index contributed by atoms with van der Waals surface area (Å²) in [6, 6.07) is 18.5. The van der Waals surface area contributed by atoms with Crippen molar-refractivity contribution >= 4 is 5.91 Å². The van der Waals surface area contributed by atoms with E-state index in [9.17, 15) is 9.90 Å². The number of benzene rings is 2. The summed E-state index contributed by atoms with van der Waals surface area (Å²) in [6.07, 6.45) is 3.04. The van der Waals surface area contributed by atoms with Gasteiger partial charge in [0, 0.05) is 19.4 Å². The van der Waals surface area contributed by atoms with Gasteiger partial charge < -0.3 is 10.4 Å². The Hall–Kier alpha value is -2.17. The van der Waals surface area contributed by atoms with E-state index in [-0.39, 0.29) is 18.6 Å². The van der Waals surface area contributed by atoms with E-state index in [1.807, 2.05) is 32.2 Å². The maximum atomic E-state index is 13.4. The molecule has 0 fully saturated rings. The molecule has 0 aromatic heterocycles. The lowest BCUT2D eigenvalue weighted by Gasteiger charge is -2.38. The van der Waals surface area contributed by atoms with Crippen LogP contribution in [0.3, 0.4) is 0 Å². The first kappa shape index (κ1) is 19.6. The smallest absolute Gasteiger partial charge is 0.241 e. The molecule has 0 saturated carbocycles. The van der Waals surface area contributed by atoms with Gasteiger partial charge in [0.05, 0.1) is 12.6 Å². The van der Waals surface area contributed by atoms with Gasteiger partial charge in [-0.15, -0.1) is 0 Å². The number of nitrogens with zero attached hydrogens (tertiary/aromatic N) is 1. The maximum Gasteiger partial charge on any atom is 0.241 e. The summed E-state index contributed by atoms with van der Waals surface area (Å²) in [5.74, 6) is 0.0233. The topological polar surface area (TPSA) is 52.6 Å². The Balaban J connectivity index is 1.81. The van der Waals surface area contributed by atoms with Crippen LogP contribution in [0.1, 0.15) is 30.0 Å². The lowest BCUT2D eigenvalue weighted by molar-refractivity contribution is -0.133. The second-order valence-corrected chi connectivity index (χ2v) is 7.57. The van der Waals surface area contributed by atoms with Crippen LogP contribution >= 0.6 is 0 Å². The molecule has 4 heteroatoms. The normalized spacial score (nSPS) is 16.1. The third-order valence-corrected chi connectivity index (χ3v) is 5.86. The third-order valence-electron chi connectivity index (χ3n) is 5.86. The molecule has 1 atom stereocenters. The first-order valence-corrected chi connectivity index (χ1v) is 9.83. The maximum absolute atomic E-state index is 13.4. The Morgan fingerprint density at radius 1 is 1.11 bits per heavy atom. The Labute approximate surface area is 162 Å². The molecule has 4 nitrogen and oxygen atoms in total. The summed E-state index contributed by atoms with van der Waals surface area (Å²) in [5.41, 5.74) is 3.17. The predicted octanol–water partition coefficient (Wildman–Crippen LogP) is 2.59. The second kappa shape index (κ2) is 8.68. The largest absolute Gasteiger partial charge is 0.394 e. The zero-order valence-electron chi connectivity index (χ0n) is 16.3. The van der Waals surface area contributed by atoms with Crippen LogP contribution in [-0.2, 0) is 24.1 Å². The molecule has 1 amide bonds. The molecule has 144 valence electrons. The number of aliphatic hydroxyl groups excluding tert-OH is 1. The number of hydrogen-bond donors (Lipinski definition) is 2. The summed E-state index contributed by atoms with van der Waals surface area (Å²) < 4.78 is 0. The molecule has 0 spiro atoms. The number of rotatable bonds is 8. The van der Waals surface area contributed by atoms with Gasteiger partial charge in [-0.2, -0.15) is 0 Å². The molecule has 2 aromatic rings. The number of carbonyl (C=O) groups excluding carboxylic acids is 1. The summed E-state index contributed by atoms with van der Waals surface area (Å²) >= 11 is 0. The summed E-state index contributed by atoms with van der Waals surface area (Å²) in [7, 11) is 2.05. The van der Waals surface area contributed by atoms with Crippen molar-refractivity contribution in [3.63, 3.8) is 0 Å². The summed E-state index contributed by atoms with van der Waals surface area (Å²) in [5, 5.41) is 12.6. The van der Waals surface area contributed by atoms with Crippen LogP contribution in [0.15, 0.2) is 54.6 Å². The number of fused-ring (bicyclic) bond motifs is 1. The van der Waals surface area contributed by atoms with E-state index < -0.39 is 5.54 Å². The molecule has 27 heavy (non-hydrogen) atoms. The molecule has 0 bridgehead atoms. The zero-order chi connectivity index (χ0) is 19.3. The molecule has 0 saturated heterocycles. The molecule has 0 radical (unpaired) electrons. The van der Waals surface area contributed by atoms with Crippen molar-refractivity contribution in [2.75, 3.05) is 20.2 Å². The highest BCUT2D eigenvalue weighted by molar-refractivity contribution is 5.88. The number of hydrogen-bond acceptors (Lipinski definition) is 3. The molecular formula is C23H30N2O2. The van der Waals surface area contributed by atoms with Crippen LogP contribution in [0, 0.1) is 0 Å². The van der Waals surface area contributed by atoms with E-state index in [1.165, 1.54) is 16.7 Å². The monoisotopic (exact) mass is 366 g/mol. The first-order chi connectivity index (χ1) is 13.1. The fourth-order valence-corrected chi connectivity index (χ4v) is 3.95. The van der Waals surface area contributed by atoms with E-state index >= 15 is 0 Å². The Bertz CT molecular complexity index is 731. The summed E-state index contributed by atoms with van der Waals surface area (Å²) in [6.45, 7) is 2.76. The standard InChI is InChI=1S/C23H30N2O2/c1-3-21(17-26)24-22(27)23(15-19-11-7-8-12-20(19)16-23)25(2)14-13-18-9-5-4-6-10-18/h4-12,21,26H,3,13-17H2,1-2H3,(H,24,27). The van der Waals surface area contributed by atoms with Gasteiger partial charge in [-0.3, -0.25) is 9.69 Å². The molecule has 1 unspecified atom stereocenters. The number of nitrogens with one attached hydrogen (secondary N) is 1. The lowest BCUT2D eigenvalue weighted by Crippen LogP contribution is -2.60. The van der Waals surface area contributed by atoms with E-state index in [0.29, 0.717) is 12.8 Å². The van der Waals surface area contributed by atoms with Gasteiger partial charge in [-0.05, 0) is 36.6 Å². The molecular weight excluding hydrogens is 336 g/mol. The third kappa shape index (κ3) is 4.23. The molecule has 2 aromatic carbocycles. The molecule has 0 aliphatic heterocycles. The zero-order valence-corrected chi connectivity index (χ0v) is 16.3. The highest BCUT2D eigenvalue weighted by atomic mass is 16.3. The highest BCUT2D eigenvalue weighted by Gasteiger charge is 2.47. The predicted molar refractivity (Wildman–Crippen MR) is 109 cm³/mol. The second-order valence-electron chi connectivity index (χ2n) is 7.57. The summed E-state index contributed by atoms with van der Waals surface area (Å²) in [4.78, 5) is 15.6. The minimum Gasteiger partial charge on any atom is -0.394 e. The Morgan fingerprint density at radius 2 is 1.70 bits per heavy atom. The minimum absolute atomic E-state index is 0.0233. The fourth-order valence-electron chi connectivity index (χ4n) is 3.95. The van der Waals surface area contributed by atoms with E-state index in [1.54, 1.807) is 0 Å². The van der Waals surface area contributed by atoms with Crippen molar-refractivity contribution < 1.29 is 9.90 Å². The molecule has 1 aliphatic rings. The fraction of sp³-hybridized carbons (Fsp3) is 0.435. The lowest BCUT2D eigenvalue weighted by atomic mass is 9.91. The minimum atomic E-state index is -0.596. The van der Waals surface area contributed by atoms with Gasteiger partial charge in [-0.25, -0.2) is 0 Å². The van der Waals surface area contributed by atoms with Crippen molar-refractivity contribution in [2.24, 2.45) is 0 Å². The van der Waals surface area contributed by atoms with Crippen molar-refractivity contribution in [3.8, 4) is 0 Å². The highest BCUT2D eigenvalue weighted by Crippen LogP contribution is 2.34. The van der Waals surface area contributed by atoms with Crippen molar-refractivity contribution in [2.45, 2.75) is 44.2 Å². The Kier molecular flexibility index (Phi) is 6.30. The van der Waals surface area contributed by atoms with Crippen molar-refractivity contribution in [1.29, 1.82) is 0 Å². The number of likely N-dealkylation sites (N-methyl/N-ethyl adjacent to an activating group) is 1. The first-order valence-electron chi connectivity index (χ1n) is 9.83. The average Bonchev–Trinajstić information content (AvgIpc) is 3.12. The van der Waals surface area contributed by atoms with Crippen molar-refractivity contribution in [3.05, 3.63) is 71.3 Å². The quantitative estimate of drug-likeness (QED) is 0.755. The SMILES string of the molecule is CCC(CO)NC(=O)C1(N(C)CCc2ccccc2)Cc2ccccc2C1. The number of aliphatic hydroxyl groups is 1. The van der Waals surface area contributed by atoms with Crippen LogP contribution in [0.5, 0.6) is 0 Å². The van der Waals surface area contributed by atoms with Gasteiger partial charge in [0.2, 0.25) is 5.91 Å². The van der Waals surface area contributed by atoms with Gasteiger partial charge >= 0.3 is 0 Å². The van der Waals surface area contributed by atoms with E-state index in [2.05, 4.69) is 46.6 Å². The number of amides is 1. The van der Waals surface area contributed by atoms with E-state index in [4.69, 9.17) is 0 Å². The molecule has 2 N–H and O–H groups in total. The Morgan fingerprint density at radius 3 is 2.26 bits per heavy atom. The molecule has 3 rings (SSSR count). The van der Waals surface area contributed by atoms with Crippen LogP contribution in [-0.4, -0.2) is 47.7 Å². The van der Waals surface area contributed by atoms with Gasteiger partial charge in [0.1, 0.15) is 5.54 Å². The van der Waals surface area contributed by atoms with Crippen molar-refractivity contribution in [1.82, 2.24) is 10.2 Å². The average molecular weight is 367 g/mol. The van der Waals surface area contributed by atoms with Gasteiger partial charge in [-0.1, -0.05) is 61.5 Å². The van der Waals surface area contributed by atoms with Crippen LogP contribution < -0.4 is 5.32 Å². The van der Waals surface area contributed by atoms with Crippen LogP contribution in [0.2, 0.25) is 0 Å².